The second-order valence-corrected chi connectivity index (χ2v) is 3.98. The van der Waals surface area contributed by atoms with Gasteiger partial charge in [-0.1, -0.05) is 0 Å². The van der Waals surface area contributed by atoms with Crippen LogP contribution in [0, 0.1) is 5.82 Å². The number of aromatic carboxylic acids is 1. The zero-order valence-corrected chi connectivity index (χ0v) is 12.0. The quantitative estimate of drug-likeness (QED) is 0.704. The van der Waals surface area contributed by atoms with E-state index in [1.54, 1.807) is 0 Å². The van der Waals surface area contributed by atoms with Gasteiger partial charge < -0.3 is 20.7 Å². The van der Waals surface area contributed by atoms with E-state index in [4.69, 9.17) is 10.8 Å². The normalized spacial score (nSPS) is 12.2. The van der Waals surface area contributed by atoms with E-state index in [1.807, 2.05) is 0 Å². The molecular weight excluding hydrogens is 331 g/mol. The predicted molar refractivity (Wildman–Crippen MR) is 70.8 cm³/mol. The minimum absolute atomic E-state index is 0. The Morgan fingerprint density at radius 2 is 1.95 bits per heavy atom. The summed E-state index contributed by atoms with van der Waals surface area (Å²) < 4.78 is 45.2. The molecule has 0 aliphatic heterocycles. The van der Waals surface area contributed by atoms with E-state index in [2.05, 4.69) is 4.74 Å². The Hall–Kier alpha value is -2.00. The average Bonchev–Trinajstić information content (AvgIpc) is 2.38. The third kappa shape index (κ3) is 3.60. The second-order valence-electron chi connectivity index (χ2n) is 3.98. The van der Waals surface area contributed by atoms with Crippen molar-refractivity contribution in [1.29, 1.82) is 0 Å². The monoisotopic (exact) mass is 343 g/mol. The number of carbonyl (C=O) groups excluding carboxylic acids is 1. The van der Waals surface area contributed by atoms with Crippen LogP contribution in [0.25, 0.3) is 0 Å². The highest BCUT2D eigenvalue weighted by atomic mass is 35.5. The van der Waals surface area contributed by atoms with Gasteiger partial charge in [0.2, 0.25) is 0 Å². The van der Waals surface area contributed by atoms with E-state index >= 15 is 0 Å². The molecule has 0 spiro atoms. The van der Waals surface area contributed by atoms with Crippen molar-refractivity contribution in [3.05, 3.63) is 29.1 Å². The van der Waals surface area contributed by atoms with E-state index in [0.717, 1.165) is 0 Å². The standard InChI is InChI=1S/C12H12F3NO5.ClH/c1-2-21-11(20)12(14,15)9(16)7-6(13)4-3-5(8(7)17)10(18)19;/h3-4,9,17H,2,16H2,1H3,(H,18,19);1H/t9-;/m1./s1. The van der Waals surface area contributed by atoms with E-state index in [-0.39, 0.29) is 19.0 Å². The van der Waals surface area contributed by atoms with Crippen LogP contribution in [0.2, 0.25) is 0 Å². The second kappa shape index (κ2) is 7.32. The molecule has 4 N–H and O–H groups in total. The van der Waals surface area contributed by atoms with Crippen LogP contribution in [0.15, 0.2) is 12.1 Å². The first-order chi connectivity index (χ1) is 9.64. The number of benzene rings is 1. The number of aromatic hydroxyl groups is 1. The molecule has 0 aliphatic carbocycles. The van der Waals surface area contributed by atoms with Crippen molar-refractivity contribution in [2.24, 2.45) is 5.73 Å². The number of ether oxygens (including phenoxy) is 1. The maximum atomic E-state index is 13.8. The molecule has 0 saturated carbocycles. The zero-order chi connectivity index (χ0) is 16.4. The minimum Gasteiger partial charge on any atom is -0.507 e. The van der Waals surface area contributed by atoms with Crippen molar-refractivity contribution < 1.29 is 37.7 Å². The average molecular weight is 344 g/mol. The number of carboxylic acids is 1. The van der Waals surface area contributed by atoms with E-state index in [9.17, 15) is 27.9 Å². The lowest BCUT2D eigenvalue weighted by Gasteiger charge is -2.23. The lowest BCUT2D eigenvalue weighted by molar-refractivity contribution is -0.175. The minimum atomic E-state index is -4.34. The molecule has 124 valence electrons. The van der Waals surface area contributed by atoms with Crippen LogP contribution in [0.3, 0.4) is 0 Å². The molecule has 6 nitrogen and oxygen atoms in total. The highest BCUT2D eigenvalue weighted by molar-refractivity contribution is 5.91. The largest absolute Gasteiger partial charge is 0.507 e. The summed E-state index contributed by atoms with van der Waals surface area (Å²) in [5, 5.41) is 18.4. The third-order valence-corrected chi connectivity index (χ3v) is 2.64. The lowest BCUT2D eigenvalue weighted by atomic mass is 9.97. The molecule has 0 saturated heterocycles. The van der Waals surface area contributed by atoms with Crippen LogP contribution in [0.5, 0.6) is 5.75 Å². The molecule has 0 radical (unpaired) electrons. The summed E-state index contributed by atoms with van der Waals surface area (Å²) in [7, 11) is 0. The molecule has 1 aromatic carbocycles. The summed E-state index contributed by atoms with van der Waals surface area (Å²) >= 11 is 0. The number of phenols is 1. The molecule has 0 heterocycles. The molecule has 1 atom stereocenters. The number of esters is 1. The van der Waals surface area contributed by atoms with Crippen LogP contribution < -0.4 is 5.73 Å². The summed E-state index contributed by atoms with van der Waals surface area (Å²) in [6, 6.07) is -1.36. The molecule has 0 unspecified atom stereocenters. The molecule has 0 fully saturated rings. The first kappa shape index (κ1) is 20.0. The summed E-state index contributed by atoms with van der Waals surface area (Å²) in [4.78, 5) is 21.9. The molecule has 1 aromatic rings. The fourth-order valence-electron chi connectivity index (χ4n) is 1.59. The number of nitrogens with two attached hydrogens (primary N) is 1. The zero-order valence-electron chi connectivity index (χ0n) is 11.2. The fraction of sp³-hybridized carbons (Fsp3) is 0.333. The molecule has 22 heavy (non-hydrogen) atoms. The van der Waals surface area contributed by atoms with Crippen molar-refractivity contribution in [1.82, 2.24) is 0 Å². The Morgan fingerprint density at radius 1 is 1.41 bits per heavy atom. The summed E-state index contributed by atoms with van der Waals surface area (Å²) in [6.07, 6.45) is 0. The first-order valence-electron chi connectivity index (χ1n) is 5.69. The molecule has 0 amide bonds. The molecule has 0 aliphatic rings. The van der Waals surface area contributed by atoms with Gasteiger partial charge in [0.25, 0.3) is 0 Å². The number of carboxylic acid groups (broad SMARTS) is 1. The Morgan fingerprint density at radius 3 is 2.41 bits per heavy atom. The Kier molecular flexibility index (Phi) is 6.65. The number of hydrogen-bond donors (Lipinski definition) is 3. The number of alkyl halides is 2. The topological polar surface area (TPSA) is 110 Å². The maximum Gasteiger partial charge on any atom is 0.379 e. The number of rotatable bonds is 5. The molecule has 0 bridgehead atoms. The van der Waals surface area contributed by atoms with Gasteiger partial charge in [-0.05, 0) is 19.1 Å². The van der Waals surface area contributed by atoms with Crippen molar-refractivity contribution in [2.45, 2.75) is 18.9 Å². The first-order valence-corrected chi connectivity index (χ1v) is 5.69. The highest BCUT2D eigenvalue weighted by Crippen LogP contribution is 2.38. The van der Waals surface area contributed by atoms with Crippen LogP contribution in [-0.4, -0.2) is 34.7 Å². The molecule has 10 heteroatoms. The van der Waals surface area contributed by atoms with E-state index in [0.29, 0.717) is 12.1 Å². The van der Waals surface area contributed by atoms with Gasteiger partial charge in [0, 0.05) is 0 Å². The SMILES string of the molecule is CCOC(=O)C(F)(F)[C@H](N)c1c(F)ccc(C(=O)O)c1O.Cl. The van der Waals surface area contributed by atoms with Gasteiger partial charge in [0.05, 0.1) is 12.2 Å². The van der Waals surface area contributed by atoms with Crippen LogP contribution in [0.4, 0.5) is 13.2 Å². The van der Waals surface area contributed by atoms with E-state index in [1.165, 1.54) is 6.92 Å². The van der Waals surface area contributed by atoms with Crippen molar-refractivity contribution in [3.63, 3.8) is 0 Å². The van der Waals surface area contributed by atoms with Crippen molar-refractivity contribution in [3.8, 4) is 5.75 Å². The Labute approximate surface area is 129 Å². The Balaban J connectivity index is 0.00000441. The summed E-state index contributed by atoms with van der Waals surface area (Å²) in [5.41, 5.74) is 3.14. The summed E-state index contributed by atoms with van der Waals surface area (Å²) in [5.74, 6) is -10.6. The molecule has 0 aromatic heterocycles. The van der Waals surface area contributed by atoms with Crippen LogP contribution >= 0.6 is 12.4 Å². The van der Waals surface area contributed by atoms with Crippen LogP contribution in [-0.2, 0) is 9.53 Å². The van der Waals surface area contributed by atoms with Crippen molar-refractivity contribution >= 4 is 24.3 Å². The predicted octanol–water partition coefficient (Wildman–Crippen LogP) is 1.85. The van der Waals surface area contributed by atoms with E-state index < -0.39 is 46.6 Å². The number of carbonyl (C=O) groups is 2. The van der Waals surface area contributed by atoms with Gasteiger partial charge in [0.1, 0.15) is 23.2 Å². The highest BCUT2D eigenvalue weighted by Gasteiger charge is 2.50. The van der Waals surface area contributed by atoms with Gasteiger partial charge >= 0.3 is 17.9 Å². The Bertz CT molecular complexity index is 582. The van der Waals surface area contributed by atoms with Crippen molar-refractivity contribution in [2.75, 3.05) is 6.61 Å². The number of hydrogen-bond acceptors (Lipinski definition) is 5. The number of halogens is 4. The van der Waals surface area contributed by atoms with Gasteiger partial charge in [-0.2, -0.15) is 8.78 Å². The van der Waals surface area contributed by atoms with Gasteiger partial charge in [0.15, 0.2) is 0 Å². The van der Waals surface area contributed by atoms with Crippen LogP contribution in [0.1, 0.15) is 28.9 Å². The summed E-state index contributed by atoms with van der Waals surface area (Å²) in [6.45, 7) is 0.924. The van der Waals surface area contributed by atoms with Gasteiger partial charge in [-0.3, -0.25) is 0 Å². The molecular formula is C12H13ClF3NO5. The molecule has 1 rings (SSSR count). The van der Waals surface area contributed by atoms with Gasteiger partial charge in [-0.25, -0.2) is 14.0 Å². The maximum absolute atomic E-state index is 13.8. The third-order valence-electron chi connectivity index (χ3n) is 2.64. The van der Waals surface area contributed by atoms with Gasteiger partial charge in [-0.15, -0.1) is 12.4 Å². The lowest BCUT2D eigenvalue weighted by Crippen LogP contribution is -2.42. The smallest absolute Gasteiger partial charge is 0.379 e. The fourth-order valence-corrected chi connectivity index (χ4v) is 1.59.